The molecule has 1 N–H and O–H groups in total. The van der Waals surface area contributed by atoms with Gasteiger partial charge in [0.2, 0.25) is 0 Å². The molecular weight excluding hydrogens is 298 g/mol. The largest absolute Gasteiger partial charge is 0.480 e. The fourth-order valence-electron chi connectivity index (χ4n) is 2.29. The third kappa shape index (κ3) is 2.14. The van der Waals surface area contributed by atoms with E-state index in [1.165, 1.54) is 4.90 Å². The standard InChI is InChI=1S/C13H14BrNO3/c1-13(12(17)18)6-3-7-15(13)11(16)9-4-2-5-10(14)8-9/h2,4-5,8H,3,6-7H2,1H3,(H,17,18). The molecule has 96 valence electrons. The molecule has 0 bridgehead atoms. The summed E-state index contributed by atoms with van der Waals surface area (Å²) in [7, 11) is 0. The molecule has 1 saturated heterocycles. The Kier molecular flexibility index (Phi) is 3.43. The van der Waals surface area contributed by atoms with Gasteiger partial charge in [0.15, 0.2) is 0 Å². The molecule has 0 aromatic heterocycles. The molecule has 4 nitrogen and oxygen atoms in total. The normalized spacial score (nSPS) is 23.1. The van der Waals surface area contributed by atoms with E-state index in [0.717, 1.165) is 10.9 Å². The van der Waals surface area contributed by atoms with Gasteiger partial charge in [0.1, 0.15) is 5.54 Å². The minimum absolute atomic E-state index is 0.223. The highest BCUT2D eigenvalue weighted by Crippen LogP contribution is 2.31. The van der Waals surface area contributed by atoms with Gasteiger partial charge < -0.3 is 10.0 Å². The summed E-state index contributed by atoms with van der Waals surface area (Å²) in [4.78, 5) is 25.1. The van der Waals surface area contributed by atoms with Crippen LogP contribution in [0.4, 0.5) is 0 Å². The lowest BCUT2D eigenvalue weighted by atomic mass is 9.98. The van der Waals surface area contributed by atoms with E-state index >= 15 is 0 Å². The number of amides is 1. The molecule has 18 heavy (non-hydrogen) atoms. The van der Waals surface area contributed by atoms with Gasteiger partial charge in [-0.15, -0.1) is 0 Å². The Morgan fingerprint density at radius 2 is 2.17 bits per heavy atom. The summed E-state index contributed by atoms with van der Waals surface area (Å²) in [5.41, 5.74) is -0.571. The monoisotopic (exact) mass is 311 g/mol. The Hall–Kier alpha value is -1.36. The number of aliphatic carboxylic acids is 1. The topological polar surface area (TPSA) is 57.6 Å². The summed E-state index contributed by atoms with van der Waals surface area (Å²) >= 11 is 3.31. The van der Waals surface area contributed by atoms with E-state index in [1.807, 2.05) is 6.07 Å². The first-order chi connectivity index (χ1) is 8.45. The minimum Gasteiger partial charge on any atom is -0.480 e. The van der Waals surface area contributed by atoms with E-state index in [1.54, 1.807) is 25.1 Å². The summed E-state index contributed by atoms with van der Waals surface area (Å²) in [6.07, 6.45) is 1.23. The van der Waals surface area contributed by atoms with Crippen molar-refractivity contribution >= 4 is 27.8 Å². The van der Waals surface area contributed by atoms with E-state index in [9.17, 15) is 14.7 Å². The molecule has 1 amide bonds. The number of carbonyl (C=O) groups is 2. The Morgan fingerprint density at radius 3 is 2.78 bits per heavy atom. The molecule has 1 heterocycles. The fourth-order valence-corrected chi connectivity index (χ4v) is 2.69. The van der Waals surface area contributed by atoms with Crippen molar-refractivity contribution in [1.82, 2.24) is 4.90 Å². The van der Waals surface area contributed by atoms with Crippen molar-refractivity contribution in [2.75, 3.05) is 6.54 Å². The summed E-state index contributed by atoms with van der Waals surface area (Å²) in [6, 6.07) is 7.01. The summed E-state index contributed by atoms with van der Waals surface area (Å²) in [5, 5.41) is 9.29. The number of nitrogens with zero attached hydrogens (tertiary/aromatic N) is 1. The van der Waals surface area contributed by atoms with Crippen LogP contribution in [0.1, 0.15) is 30.1 Å². The molecule has 0 spiro atoms. The lowest BCUT2D eigenvalue weighted by Crippen LogP contribution is -2.50. The first kappa shape index (κ1) is 13.1. The highest BCUT2D eigenvalue weighted by atomic mass is 79.9. The van der Waals surface area contributed by atoms with E-state index in [-0.39, 0.29) is 5.91 Å². The lowest BCUT2D eigenvalue weighted by Gasteiger charge is -2.31. The van der Waals surface area contributed by atoms with Crippen molar-refractivity contribution in [3.8, 4) is 0 Å². The van der Waals surface area contributed by atoms with E-state index in [0.29, 0.717) is 18.5 Å². The Morgan fingerprint density at radius 1 is 1.44 bits per heavy atom. The highest BCUT2D eigenvalue weighted by Gasteiger charge is 2.46. The number of rotatable bonds is 2. The number of carboxylic acid groups (broad SMARTS) is 1. The van der Waals surface area contributed by atoms with Crippen molar-refractivity contribution in [2.24, 2.45) is 0 Å². The van der Waals surface area contributed by atoms with Crippen LogP contribution in [0.3, 0.4) is 0 Å². The van der Waals surface area contributed by atoms with Gasteiger partial charge in [-0.25, -0.2) is 4.79 Å². The molecule has 1 aliphatic heterocycles. The molecule has 1 fully saturated rings. The Balaban J connectivity index is 2.32. The maximum atomic E-state index is 12.4. The Labute approximate surface area is 114 Å². The smallest absolute Gasteiger partial charge is 0.329 e. The van der Waals surface area contributed by atoms with E-state index < -0.39 is 11.5 Å². The lowest BCUT2D eigenvalue weighted by molar-refractivity contribution is -0.147. The number of carboxylic acids is 1. The molecule has 5 heteroatoms. The third-order valence-electron chi connectivity index (χ3n) is 3.42. The molecular formula is C13H14BrNO3. The van der Waals surface area contributed by atoms with Crippen LogP contribution in [0.2, 0.25) is 0 Å². The molecule has 1 unspecified atom stereocenters. The fraction of sp³-hybridized carbons (Fsp3) is 0.385. The maximum Gasteiger partial charge on any atom is 0.329 e. The predicted molar refractivity (Wildman–Crippen MR) is 70.5 cm³/mol. The number of halogens is 1. The van der Waals surface area contributed by atoms with Gasteiger partial charge in [0.05, 0.1) is 0 Å². The summed E-state index contributed by atoms with van der Waals surface area (Å²) < 4.78 is 0.810. The zero-order chi connectivity index (χ0) is 13.3. The molecule has 1 atom stereocenters. The van der Waals surface area contributed by atoms with Crippen LogP contribution in [0, 0.1) is 0 Å². The summed E-state index contributed by atoms with van der Waals surface area (Å²) in [5.74, 6) is -1.16. The molecule has 1 aromatic carbocycles. The molecule has 0 radical (unpaired) electrons. The number of hydrogen-bond acceptors (Lipinski definition) is 2. The van der Waals surface area contributed by atoms with Gasteiger partial charge in [0, 0.05) is 16.6 Å². The van der Waals surface area contributed by atoms with Crippen LogP contribution in [0.15, 0.2) is 28.7 Å². The van der Waals surface area contributed by atoms with Crippen molar-refractivity contribution in [3.63, 3.8) is 0 Å². The molecule has 0 saturated carbocycles. The van der Waals surface area contributed by atoms with Crippen LogP contribution >= 0.6 is 15.9 Å². The van der Waals surface area contributed by atoms with Crippen LogP contribution in [-0.4, -0.2) is 34.0 Å². The average molecular weight is 312 g/mol. The summed E-state index contributed by atoms with van der Waals surface area (Å²) in [6.45, 7) is 2.10. The van der Waals surface area contributed by atoms with Crippen LogP contribution < -0.4 is 0 Å². The van der Waals surface area contributed by atoms with Gasteiger partial charge in [-0.3, -0.25) is 4.79 Å². The minimum atomic E-state index is -1.08. The van der Waals surface area contributed by atoms with Crippen LogP contribution in [-0.2, 0) is 4.79 Å². The molecule has 2 rings (SSSR count). The van der Waals surface area contributed by atoms with E-state index in [4.69, 9.17) is 0 Å². The first-order valence-electron chi connectivity index (χ1n) is 5.76. The third-order valence-corrected chi connectivity index (χ3v) is 3.91. The van der Waals surface area contributed by atoms with Crippen LogP contribution in [0.5, 0.6) is 0 Å². The first-order valence-corrected chi connectivity index (χ1v) is 6.55. The zero-order valence-electron chi connectivity index (χ0n) is 10.0. The average Bonchev–Trinajstić information content (AvgIpc) is 2.72. The quantitative estimate of drug-likeness (QED) is 0.913. The van der Waals surface area contributed by atoms with Crippen molar-refractivity contribution in [3.05, 3.63) is 34.3 Å². The number of likely N-dealkylation sites (tertiary alicyclic amines) is 1. The van der Waals surface area contributed by atoms with Gasteiger partial charge in [-0.1, -0.05) is 22.0 Å². The van der Waals surface area contributed by atoms with E-state index in [2.05, 4.69) is 15.9 Å². The van der Waals surface area contributed by atoms with Crippen molar-refractivity contribution < 1.29 is 14.7 Å². The molecule has 1 aromatic rings. The van der Waals surface area contributed by atoms with Gasteiger partial charge >= 0.3 is 5.97 Å². The zero-order valence-corrected chi connectivity index (χ0v) is 11.6. The van der Waals surface area contributed by atoms with Crippen LogP contribution in [0.25, 0.3) is 0 Å². The maximum absolute atomic E-state index is 12.4. The molecule has 0 aliphatic carbocycles. The Bertz CT molecular complexity index is 503. The number of carbonyl (C=O) groups excluding carboxylic acids is 1. The second kappa shape index (κ2) is 4.72. The second-order valence-electron chi connectivity index (χ2n) is 4.65. The highest BCUT2D eigenvalue weighted by molar-refractivity contribution is 9.10. The predicted octanol–water partition coefficient (Wildman–Crippen LogP) is 2.53. The van der Waals surface area contributed by atoms with Crippen molar-refractivity contribution in [2.45, 2.75) is 25.3 Å². The number of hydrogen-bond donors (Lipinski definition) is 1. The second-order valence-corrected chi connectivity index (χ2v) is 5.57. The SMILES string of the molecule is CC1(C(=O)O)CCCN1C(=O)c1cccc(Br)c1. The van der Waals surface area contributed by atoms with Gasteiger partial charge in [0.25, 0.3) is 5.91 Å². The van der Waals surface area contributed by atoms with Crippen molar-refractivity contribution in [1.29, 1.82) is 0 Å². The number of benzene rings is 1. The molecule has 1 aliphatic rings. The van der Waals surface area contributed by atoms with Gasteiger partial charge in [-0.2, -0.15) is 0 Å². The van der Waals surface area contributed by atoms with Gasteiger partial charge in [-0.05, 0) is 38.0 Å².